The molecule has 15 heteroatoms. The lowest BCUT2D eigenvalue weighted by atomic mass is 10.2. The van der Waals surface area contributed by atoms with Crippen molar-refractivity contribution in [1.29, 1.82) is 0 Å². The lowest BCUT2D eigenvalue weighted by Crippen LogP contribution is -1.99. The third-order valence-electron chi connectivity index (χ3n) is 16.0. The molecule has 0 aromatic heterocycles. The van der Waals surface area contributed by atoms with Crippen molar-refractivity contribution >= 4 is 29.8 Å². The van der Waals surface area contributed by atoms with Gasteiger partial charge in [-0.15, -0.1) is 0 Å². The first-order valence-electron chi connectivity index (χ1n) is 45.0. The van der Waals surface area contributed by atoms with Crippen LogP contribution in [0.4, 0.5) is 0 Å². The van der Waals surface area contributed by atoms with Crippen molar-refractivity contribution in [1.82, 2.24) is 0 Å². The Morgan fingerprint density at radius 2 is 0.288 bits per heavy atom. The molecule has 0 aliphatic heterocycles. The van der Waals surface area contributed by atoms with Crippen molar-refractivity contribution in [3.63, 3.8) is 0 Å². The van der Waals surface area contributed by atoms with Gasteiger partial charge < -0.3 is 51.1 Å². The summed E-state index contributed by atoms with van der Waals surface area (Å²) < 4.78 is 0. The van der Waals surface area contributed by atoms with Crippen LogP contribution in [0.2, 0.25) is 0 Å². The number of carbonyl (C=O) groups is 5. The molecule has 0 aromatic carbocycles. The molecule has 0 saturated carbocycles. The second kappa shape index (κ2) is 109. The van der Waals surface area contributed by atoms with Gasteiger partial charge in [0.1, 0.15) is 0 Å². The van der Waals surface area contributed by atoms with Gasteiger partial charge in [0.2, 0.25) is 0 Å². The summed E-state index contributed by atoms with van der Waals surface area (Å²) in [7, 11) is 0. The molecule has 0 aliphatic rings. The quantitative estimate of drug-likeness (QED) is 0.0200. The Bertz CT molecular complexity index is 3540. The molecule has 0 spiro atoms. The first-order chi connectivity index (χ1) is 60.8. The van der Waals surface area contributed by atoms with Gasteiger partial charge in [-0.25, -0.2) is 0 Å². The van der Waals surface area contributed by atoms with Crippen molar-refractivity contribution in [2.75, 3.05) is 0 Å². The van der Waals surface area contributed by atoms with E-state index in [2.05, 4.69) is 199 Å². The van der Waals surface area contributed by atoms with E-state index in [4.69, 9.17) is 25.5 Å². The Balaban J connectivity index is -0.000000480. The zero-order valence-corrected chi connectivity index (χ0v) is 76.3. The molecule has 0 rings (SSSR count). The highest BCUT2D eigenvalue weighted by atomic mass is 16.4. The predicted octanol–water partition coefficient (Wildman–Crippen LogP) is 27.6. The van der Waals surface area contributed by atoms with E-state index in [0.717, 1.165) is 128 Å². The average Bonchev–Trinajstić information content (AvgIpc) is 1.36. The van der Waals surface area contributed by atoms with Gasteiger partial charge in [-0.2, -0.15) is 0 Å². The van der Waals surface area contributed by atoms with E-state index in [0.29, 0.717) is 64.2 Å². The fourth-order valence-corrected chi connectivity index (χ4v) is 9.36. The maximum Gasteiger partial charge on any atom is 0.303 e. The van der Waals surface area contributed by atoms with Crippen molar-refractivity contribution < 1.29 is 75.0 Å². The van der Waals surface area contributed by atoms with E-state index in [1.54, 1.807) is 36.5 Å². The summed E-state index contributed by atoms with van der Waals surface area (Å²) >= 11 is 0. The minimum atomic E-state index is -0.801. The molecule has 0 aliphatic carbocycles. The van der Waals surface area contributed by atoms with Gasteiger partial charge >= 0.3 is 29.8 Å². The Kier molecular flexibility index (Phi) is 108. The van der Waals surface area contributed by atoms with Crippen LogP contribution in [0.25, 0.3) is 0 Å². The number of carboxylic acid groups (broad SMARTS) is 5. The van der Waals surface area contributed by atoms with E-state index in [9.17, 15) is 49.5 Å². The maximum absolute atomic E-state index is 10.3. The molecule has 0 aromatic rings. The van der Waals surface area contributed by atoms with Gasteiger partial charge in [0, 0.05) is 32.1 Å². The first-order valence-corrected chi connectivity index (χ1v) is 45.0. The van der Waals surface area contributed by atoms with Crippen molar-refractivity contribution in [3.05, 3.63) is 365 Å². The lowest BCUT2D eigenvalue weighted by Gasteiger charge is -1.98. The summed E-state index contributed by atoms with van der Waals surface area (Å²) in [4.78, 5) is 51.6. The number of aliphatic hydroxyl groups excluding tert-OH is 5. The molecule has 125 heavy (non-hydrogen) atoms. The van der Waals surface area contributed by atoms with Gasteiger partial charge in [0.25, 0.3) is 0 Å². The topological polar surface area (TPSA) is 288 Å². The Morgan fingerprint density at radius 1 is 0.168 bits per heavy atom. The van der Waals surface area contributed by atoms with Crippen LogP contribution in [0.5, 0.6) is 0 Å². The molecule has 0 amide bonds. The number of hydrogen-bond donors (Lipinski definition) is 10. The van der Waals surface area contributed by atoms with Crippen LogP contribution in [-0.4, -0.2) is 111 Å². The zero-order valence-electron chi connectivity index (χ0n) is 76.3. The van der Waals surface area contributed by atoms with Crippen LogP contribution in [0.15, 0.2) is 365 Å². The summed E-state index contributed by atoms with van der Waals surface area (Å²) in [5, 5.41) is 91.2. The normalized spacial score (nSPS) is 14.3. The van der Waals surface area contributed by atoms with E-state index >= 15 is 0 Å². The third kappa shape index (κ3) is 129. The van der Waals surface area contributed by atoms with Gasteiger partial charge in [-0.3, -0.25) is 24.0 Å². The fraction of sp³-hybridized carbons (Fsp3) is 0.409. The molecule has 0 bridgehead atoms. The van der Waals surface area contributed by atoms with Crippen molar-refractivity contribution in [2.45, 2.75) is 290 Å². The average molecular weight is 1720 g/mol. The highest BCUT2D eigenvalue weighted by Gasteiger charge is 2.00. The number of rotatable bonds is 70. The zero-order chi connectivity index (χ0) is 92.9. The molecule has 0 radical (unpaired) electrons. The van der Waals surface area contributed by atoms with Crippen LogP contribution >= 0.6 is 0 Å². The summed E-state index contributed by atoms with van der Waals surface area (Å²) in [6, 6.07) is 0. The molecule has 0 saturated heterocycles. The van der Waals surface area contributed by atoms with Crippen LogP contribution in [0, 0.1) is 0 Å². The molecule has 0 heterocycles. The minimum absolute atomic E-state index is 0.129. The molecule has 15 nitrogen and oxygen atoms in total. The number of carboxylic acids is 5. The highest BCUT2D eigenvalue weighted by molar-refractivity contribution is 5.68. The molecular weight excluding hydrogens is 1560 g/mol. The first kappa shape index (κ1) is 123. The highest BCUT2D eigenvalue weighted by Crippen LogP contribution is 2.07. The summed E-state index contributed by atoms with van der Waals surface area (Å²) in [5.41, 5.74) is 0. The van der Waals surface area contributed by atoms with E-state index in [-0.39, 0.29) is 32.1 Å². The van der Waals surface area contributed by atoms with Crippen molar-refractivity contribution in [3.8, 4) is 0 Å². The standard InChI is InChI=1S/5C22H32O3/c1-2-3-15-18-21(23)19-16-13-11-9-7-5-4-6-8-10-12-14-17-20-22(24)25;1-2-3-4-5-12-15-18-21(23)19-16-13-10-8-6-7-9-11-14-17-20-22(24)25;1-2-3-4-5-9-12-15-18-21(23)19-16-13-10-7-6-8-11-14-17-20-22(24)25;1-2-3-4-5-6-7-8-9-12-15-18-21(23)19-16-13-10-11-14-17-20-22(24)25;1-2-3-4-5-6-7-8-9-10-11-12-13-15-18-21(23)19-16-14-17-20-22(24)25/h3,5-8,11-16,19,21,23H,2,4,9-10,17-18,20H2,1H3,(H,24,25);3-4,6-7,10-16,19,21,23H,2,5,8-9,17-18,20H2,1H3,(H,24,25);2*3-4,6-7,9,11-16,18,21,23H,2,5,8,10,17,19-20H2,1H3,(H,24,25);3-4,6-7,9-10,12-16,18,21,23H,2,5,8,11,17,19-20H2,1H3,(H,24,25)/b7-5-,8-6-,13-11-,14-12-,15-3-,19-16+;4-3-,7-6-,13-10-,14-11-,15-12-,19-16-;4-3-,7-6-,12-9-,14-11-,16-13-,18-15+;4-3-,7-6-,12-9-,14-11-,16-13-,18-15-;4-3-,7-6-,10-9-,13-12-,16-14-,18-15+. The van der Waals surface area contributed by atoms with Gasteiger partial charge in [0.15, 0.2) is 0 Å². The number of aliphatic hydroxyl groups is 5. The summed E-state index contributed by atoms with van der Waals surface area (Å²) in [6.45, 7) is 10.6. The molecular formula is C110H160O15. The Hall–Kier alpha value is -10.7. The minimum Gasteiger partial charge on any atom is -0.481 e. The molecule has 10 N–H and O–H groups in total. The Morgan fingerprint density at radius 3 is 0.456 bits per heavy atom. The molecule has 690 valence electrons. The monoisotopic (exact) mass is 1720 g/mol. The SMILES string of the molecule is CC/C=C\C/C=C\C/C=C\C/C=C\C=C\C(O)C/C=C\CCC(=O)O.CC/C=C\C/C=C\C/C=C\C=C/C(O)C/C=C\C/C=C\CCC(=O)O.CC/C=C\C/C=C\C=C\C(O)C/C=C\C/C=C\C/C=C\CCC(=O)O.CC/C=C\C/C=C\CC(O)/C=C\C=C/C/C=C\C/C=C\CCC(=O)O.CC/C=C\CC(O)/C=C/C=C\C/C=C\C/C=C\C/C=C\CCC(=O)O. The van der Waals surface area contributed by atoms with Gasteiger partial charge in [-0.05, 0) is 193 Å². The maximum atomic E-state index is 10.3. The van der Waals surface area contributed by atoms with Gasteiger partial charge in [-0.1, -0.05) is 399 Å². The van der Waals surface area contributed by atoms with Crippen molar-refractivity contribution in [2.24, 2.45) is 0 Å². The predicted molar refractivity (Wildman–Crippen MR) is 532 cm³/mol. The number of hydrogen-bond acceptors (Lipinski definition) is 10. The summed E-state index contributed by atoms with van der Waals surface area (Å²) in [6.07, 6.45) is 143. The number of allylic oxidation sites excluding steroid dienone is 50. The summed E-state index contributed by atoms with van der Waals surface area (Å²) in [5.74, 6) is -3.85. The lowest BCUT2D eigenvalue weighted by molar-refractivity contribution is -0.137. The fourth-order valence-electron chi connectivity index (χ4n) is 9.36. The van der Waals surface area contributed by atoms with Crippen LogP contribution in [0.3, 0.4) is 0 Å². The smallest absolute Gasteiger partial charge is 0.303 e. The number of aliphatic carboxylic acids is 5. The van der Waals surface area contributed by atoms with E-state index in [1.807, 2.05) is 164 Å². The largest absolute Gasteiger partial charge is 0.481 e. The second-order valence-electron chi connectivity index (χ2n) is 27.7. The van der Waals surface area contributed by atoms with Crippen LogP contribution in [0.1, 0.15) is 259 Å². The van der Waals surface area contributed by atoms with E-state index in [1.165, 1.54) is 0 Å². The molecule has 0 fully saturated rings. The third-order valence-corrected chi connectivity index (χ3v) is 16.0. The Labute approximate surface area is 755 Å². The molecule has 5 unspecified atom stereocenters. The molecule has 5 atom stereocenters. The second-order valence-corrected chi connectivity index (χ2v) is 27.7. The van der Waals surface area contributed by atoms with Crippen LogP contribution in [-0.2, 0) is 24.0 Å². The van der Waals surface area contributed by atoms with Crippen LogP contribution < -0.4 is 0 Å². The van der Waals surface area contributed by atoms with Gasteiger partial charge in [0.05, 0.1) is 30.5 Å². The van der Waals surface area contributed by atoms with E-state index < -0.39 is 60.4 Å².